The van der Waals surface area contributed by atoms with E-state index in [4.69, 9.17) is 0 Å². The molecule has 2 nitrogen and oxygen atoms in total. The Balaban J connectivity index is 3.08. The van der Waals surface area contributed by atoms with Crippen LogP contribution in [0, 0.1) is 0 Å². The molecule has 1 rings (SSSR count). The highest BCUT2D eigenvalue weighted by Crippen LogP contribution is 2.33. The monoisotopic (exact) mass is 291 g/mol. The van der Waals surface area contributed by atoms with E-state index in [0.29, 0.717) is 6.20 Å². The molecule has 0 N–H and O–H groups in total. The lowest BCUT2D eigenvalue weighted by Crippen LogP contribution is -2.18. The maximum Gasteiger partial charge on any atom is 0.573 e. The van der Waals surface area contributed by atoms with E-state index in [-0.39, 0.29) is 4.60 Å². The third kappa shape index (κ3) is 3.61. The molecule has 0 spiro atoms. The second-order valence-electron chi connectivity index (χ2n) is 2.39. The van der Waals surface area contributed by atoms with E-state index in [1.54, 1.807) is 0 Å². The molecule has 1 heterocycles. The Morgan fingerprint density at radius 2 is 1.93 bits per heavy atom. The van der Waals surface area contributed by atoms with Gasteiger partial charge in [0.15, 0.2) is 0 Å². The minimum absolute atomic E-state index is 0.0221. The molecule has 0 saturated carbocycles. The van der Waals surface area contributed by atoms with Gasteiger partial charge in [0, 0.05) is 12.3 Å². The van der Waals surface area contributed by atoms with Crippen LogP contribution >= 0.6 is 15.9 Å². The van der Waals surface area contributed by atoms with Gasteiger partial charge in [-0.05, 0) is 15.9 Å². The van der Waals surface area contributed by atoms with Crippen molar-refractivity contribution in [2.24, 2.45) is 0 Å². The van der Waals surface area contributed by atoms with Gasteiger partial charge < -0.3 is 4.74 Å². The van der Waals surface area contributed by atoms with Gasteiger partial charge in [0.05, 0.1) is 5.56 Å². The van der Waals surface area contributed by atoms with Gasteiger partial charge >= 0.3 is 6.36 Å². The van der Waals surface area contributed by atoms with E-state index < -0.39 is 24.1 Å². The predicted molar refractivity (Wildman–Crippen MR) is 43.6 cm³/mol. The first-order chi connectivity index (χ1) is 6.79. The number of nitrogens with zero attached hydrogens (tertiary/aromatic N) is 1. The van der Waals surface area contributed by atoms with Crippen molar-refractivity contribution >= 4 is 15.9 Å². The van der Waals surface area contributed by atoms with Crippen molar-refractivity contribution < 1.29 is 26.7 Å². The molecular formula is C7H3BrF5NO. The van der Waals surface area contributed by atoms with Crippen LogP contribution in [0.4, 0.5) is 22.0 Å². The Labute approximate surface area is 89.2 Å². The van der Waals surface area contributed by atoms with Crippen LogP contribution in [-0.2, 0) is 0 Å². The lowest BCUT2D eigenvalue weighted by molar-refractivity contribution is -0.275. The van der Waals surface area contributed by atoms with E-state index in [1.165, 1.54) is 0 Å². The van der Waals surface area contributed by atoms with Crippen molar-refractivity contribution in [2.45, 2.75) is 12.8 Å². The van der Waals surface area contributed by atoms with Gasteiger partial charge in [0.25, 0.3) is 6.43 Å². The van der Waals surface area contributed by atoms with Crippen LogP contribution < -0.4 is 4.74 Å². The van der Waals surface area contributed by atoms with Gasteiger partial charge in [-0.2, -0.15) is 0 Å². The summed E-state index contributed by atoms with van der Waals surface area (Å²) in [7, 11) is 0. The highest BCUT2D eigenvalue weighted by molar-refractivity contribution is 9.10. The molecule has 1 aromatic heterocycles. The molecule has 0 aliphatic rings. The predicted octanol–water partition coefficient (Wildman–Crippen LogP) is 3.68. The Morgan fingerprint density at radius 1 is 1.33 bits per heavy atom. The first-order valence-electron chi connectivity index (χ1n) is 3.49. The van der Waals surface area contributed by atoms with E-state index in [2.05, 4.69) is 25.7 Å². The number of hydrogen-bond donors (Lipinski definition) is 0. The molecule has 0 bridgehead atoms. The van der Waals surface area contributed by atoms with Gasteiger partial charge in [-0.15, -0.1) is 13.2 Å². The van der Waals surface area contributed by atoms with Gasteiger partial charge in [0.1, 0.15) is 10.4 Å². The summed E-state index contributed by atoms with van der Waals surface area (Å²) in [5, 5.41) is 0. The summed E-state index contributed by atoms with van der Waals surface area (Å²) in [5.41, 5.74) is -0.907. The summed E-state index contributed by atoms with van der Waals surface area (Å²) in [6, 6.07) is 0.731. The zero-order valence-electron chi connectivity index (χ0n) is 6.86. The summed E-state index contributed by atoms with van der Waals surface area (Å²) in [4.78, 5) is 3.38. The standard InChI is InChI=1S/C7H3BrF5NO/c8-5-1-4(15-7(11,12)13)3(2-14-5)6(9)10/h1-2,6H. The number of alkyl halides is 5. The second-order valence-corrected chi connectivity index (χ2v) is 3.21. The molecular weight excluding hydrogens is 289 g/mol. The van der Waals surface area contributed by atoms with Gasteiger partial charge in [-0.25, -0.2) is 13.8 Å². The molecule has 0 aromatic carbocycles. The molecule has 84 valence electrons. The molecule has 0 fully saturated rings. The highest BCUT2D eigenvalue weighted by Gasteiger charge is 2.33. The minimum atomic E-state index is -5.01. The molecule has 0 saturated heterocycles. The van der Waals surface area contributed by atoms with Crippen LogP contribution in [0.15, 0.2) is 16.9 Å². The van der Waals surface area contributed by atoms with Crippen molar-refractivity contribution in [1.29, 1.82) is 0 Å². The number of ether oxygens (including phenoxy) is 1. The fourth-order valence-electron chi connectivity index (χ4n) is 0.801. The summed E-state index contributed by atoms with van der Waals surface area (Å²) in [6.07, 6.45) is -7.47. The Hall–Kier alpha value is -0.920. The summed E-state index contributed by atoms with van der Waals surface area (Å²) < 4.78 is 63.3. The van der Waals surface area contributed by atoms with Crippen molar-refractivity contribution in [3.63, 3.8) is 0 Å². The molecule has 0 aliphatic heterocycles. The smallest absolute Gasteiger partial charge is 0.405 e. The fourth-order valence-corrected chi connectivity index (χ4v) is 1.11. The van der Waals surface area contributed by atoms with Crippen LogP contribution in [0.3, 0.4) is 0 Å². The minimum Gasteiger partial charge on any atom is -0.405 e. The Morgan fingerprint density at radius 3 is 2.40 bits per heavy atom. The number of pyridine rings is 1. The zero-order valence-corrected chi connectivity index (χ0v) is 8.44. The van der Waals surface area contributed by atoms with Crippen LogP contribution in [0.25, 0.3) is 0 Å². The first-order valence-corrected chi connectivity index (χ1v) is 4.28. The highest BCUT2D eigenvalue weighted by atomic mass is 79.9. The van der Waals surface area contributed by atoms with E-state index >= 15 is 0 Å². The molecule has 8 heteroatoms. The van der Waals surface area contributed by atoms with Crippen molar-refractivity contribution in [3.8, 4) is 5.75 Å². The quantitative estimate of drug-likeness (QED) is 0.612. The first kappa shape index (κ1) is 12.2. The van der Waals surface area contributed by atoms with Crippen molar-refractivity contribution in [2.75, 3.05) is 0 Å². The van der Waals surface area contributed by atoms with E-state index in [9.17, 15) is 22.0 Å². The number of rotatable bonds is 2. The van der Waals surface area contributed by atoms with E-state index in [0.717, 1.165) is 6.07 Å². The third-order valence-corrected chi connectivity index (χ3v) is 1.76. The van der Waals surface area contributed by atoms with Crippen LogP contribution in [0.2, 0.25) is 0 Å². The van der Waals surface area contributed by atoms with Gasteiger partial charge in [-0.1, -0.05) is 0 Å². The maximum atomic E-state index is 12.2. The average molecular weight is 292 g/mol. The van der Waals surface area contributed by atoms with Gasteiger partial charge in [-0.3, -0.25) is 0 Å². The zero-order chi connectivity index (χ0) is 11.6. The molecule has 15 heavy (non-hydrogen) atoms. The molecule has 0 amide bonds. The average Bonchev–Trinajstić information content (AvgIpc) is 1.99. The van der Waals surface area contributed by atoms with Crippen molar-refractivity contribution in [3.05, 3.63) is 22.4 Å². The van der Waals surface area contributed by atoms with Crippen LogP contribution in [0.1, 0.15) is 12.0 Å². The maximum absolute atomic E-state index is 12.2. The second kappa shape index (κ2) is 4.30. The van der Waals surface area contributed by atoms with Crippen LogP contribution in [-0.4, -0.2) is 11.3 Å². The number of halogens is 6. The number of aromatic nitrogens is 1. The topological polar surface area (TPSA) is 22.1 Å². The molecule has 0 atom stereocenters. The fraction of sp³-hybridized carbons (Fsp3) is 0.286. The molecule has 0 unspecified atom stereocenters. The molecule has 1 aromatic rings. The summed E-state index contributed by atoms with van der Waals surface area (Å²) in [6.45, 7) is 0. The Kier molecular flexibility index (Phi) is 3.48. The Bertz CT molecular complexity index is 354. The SMILES string of the molecule is FC(F)c1cnc(Br)cc1OC(F)(F)F. The third-order valence-electron chi connectivity index (χ3n) is 1.32. The lowest BCUT2D eigenvalue weighted by atomic mass is 10.3. The number of hydrogen-bond acceptors (Lipinski definition) is 2. The van der Waals surface area contributed by atoms with Crippen LogP contribution in [0.5, 0.6) is 5.75 Å². The van der Waals surface area contributed by atoms with Crippen molar-refractivity contribution in [1.82, 2.24) is 4.98 Å². The largest absolute Gasteiger partial charge is 0.573 e. The molecule has 0 radical (unpaired) electrons. The van der Waals surface area contributed by atoms with Gasteiger partial charge in [0.2, 0.25) is 0 Å². The summed E-state index contributed by atoms with van der Waals surface area (Å²) >= 11 is 2.75. The lowest BCUT2D eigenvalue weighted by Gasteiger charge is -2.12. The molecule has 0 aliphatic carbocycles. The normalized spacial score (nSPS) is 11.9. The summed E-state index contributed by atoms with van der Waals surface area (Å²) in [5.74, 6) is -0.959. The van der Waals surface area contributed by atoms with E-state index in [1.807, 2.05) is 0 Å².